The Bertz CT molecular complexity index is 966. The van der Waals surface area contributed by atoms with Gasteiger partial charge in [-0.25, -0.2) is 8.42 Å². The molecule has 8 nitrogen and oxygen atoms in total. The van der Waals surface area contributed by atoms with E-state index in [1.807, 2.05) is 46.8 Å². The van der Waals surface area contributed by atoms with Crippen molar-refractivity contribution in [2.45, 2.75) is 85.2 Å². The van der Waals surface area contributed by atoms with Crippen LogP contribution in [0.2, 0.25) is 0 Å². The van der Waals surface area contributed by atoms with Crippen LogP contribution in [0.3, 0.4) is 0 Å². The lowest BCUT2D eigenvalue weighted by atomic mass is 9.78. The highest BCUT2D eigenvalue weighted by atomic mass is 32.2. The summed E-state index contributed by atoms with van der Waals surface area (Å²) >= 11 is 0. The molecule has 1 aromatic heterocycles. The summed E-state index contributed by atoms with van der Waals surface area (Å²) in [6, 6.07) is 5.41. The second kappa shape index (κ2) is 12.3. The van der Waals surface area contributed by atoms with E-state index in [4.69, 9.17) is 19.6 Å². The number of hydrogen-bond donors (Lipinski definition) is 1. The Kier molecular flexibility index (Phi) is 10.9. The Morgan fingerprint density at radius 2 is 1.71 bits per heavy atom. The largest absolute Gasteiger partial charge is 0.469 e. The highest BCUT2D eigenvalue weighted by Crippen LogP contribution is 2.35. The zero-order valence-electron chi connectivity index (χ0n) is 22.5. The van der Waals surface area contributed by atoms with Crippen LogP contribution in [-0.4, -0.2) is 61.3 Å². The highest BCUT2D eigenvalue weighted by Gasteiger charge is 2.40. The lowest BCUT2D eigenvalue weighted by Gasteiger charge is -2.32. The number of rotatable bonds is 13. The van der Waals surface area contributed by atoms with Crippen molar-refractivity contribution in [2.75, 3.05) is 25.2 Å². The number of aliphatic hydroxyl groups excluding tert-OH is 1. The highest BCUT2D eigenvalue weighted by molar-refractivity contribution is 7.91. The second-order valence-electron chi connectivity index (χ2n) is 11.3. The molecule has 0 amide bonds. The molecule has 1 heterocycles. The summed E-state index contributed by atoms with van der Waals surface area (Å²) in [5, 5.41) is 9.02. The van der Waals surface area contributed by atoms with E-state index in [1.54, 1.807) is 19.9 Å². The molecule has 1 aromatic rings. The zero-order chi connectivity index (χ0) is 27.1. The van der Waals surface area contributed by atoms with Gasteiger partial charge in [-0.3, -0.25) is 14.6 Å². The van der Waals surface area contributed by atoms with Crippen LogP contribution in [0.15, 0.2) is 18.2 Å². The van der Waals surface area contributed by atoms with Gasteiger partial charge in [0.25, 0.3) is 0 Å². The number of sulfone groups is 1. The molecule has 0 aromatic carbocycles. The summed E-state index contributed by atoms with van der Waals surface area (Å²) in [4.78, 5) is 30.0. The van der Waals surface area contributed by atoms with Crippen LogP contribution in [0.5, 0.6) is 0 Å². The number of nitrogens with zero attached hydrogens (tertiary/aromatic N) is 1. The Balaban J connectivity index is 3.18. The van der Waals surface area contributed by atoms with Gasteiger partial charge >= 0.3 is 11.9 Å². The first-order chi connectivity index (χ1) is 15.9. The number of carbonyl (C=O) groups is 2. The number of aromatic nitrogens is 1. The number of esters is 2. The summed E-state index contributed by atoms with van der Waals surface area (Å²) in [7, 11) is -2.02. The monoisotopic (exact) mass is 513 g/mol. The number of carbonyl (C=O) groups excluding carboxylic acids is 2. The first-order valence-corrected chi connectivity index (χ1v) is 13.9. The van der Waals surface area contributed by atoms with Gasteiger partial charge < -0.3 is 14.6 Å². The van der Waals surface area contributed by atoms with Crippen LogP contribution < -0.4 is 0 Å². The number of ether oxygens (including phenoxy) is 2. The fourth-order valence-electron chi connectivity index (χ4n) is 4.02. The van der Waals surface area contributed by atoms with Crippen LogP contribution in [0.4, 0.5) is 0 Å². The topological polar surface area (TPSA) is 120 Å². The Hall–Kier alpha value is -2.00. The number of methoxy groups -OCH3 is 1. The first kappa shape index (κ1) is 31.0. The molecule has 9 heteroatoms. The van der Waals surface area contributed by atoms with Gasteiger partial charge in [0.1, 0.15) is 11.0 Å². The number of hydrogen-bond acceptors (Lipinski definition) is 8. The van der Waals surface area contributed by atoms with Crippen LogP contribution in [0.25, 0.3) is 0 Å². The minimum atomic E-state index is -3.37. The van der Waals surface area contributed by atoms with Gasteiger partial charge in [0, 0.05) is 12.1 Å². The molecule has 0 fully saturated rings. The molecular formula is C26H43NO7S. The normalized spacial score (nSPS) is 15.2. The number of aliphatic hydroxyl groups is 1. The molecule has 1 N–H and O–H groups in total. The van der Waals surface area contributed by atoms with Gasteiger partial charge in [0.15, 0.2) is 9.84 Å². The molecule has 0 saturated carbocycles. The molecule has 2 atom stereocenters. The average Bonchev–Trinajstić information content (AvgIpc) is 2.70. The predicted molar refractivity (Wildman–Crippen MR) is 136 cm³/mol. The summed E-state index contributed by atoms with van der Waals surface area (Å²) in [5.74, 6) is -1.40. The third-order valence-electron chi connectivity index (χ3n) is 5.88. The Morgan fingerprint density at radius 1 is 1.09 bits per heavy atom. The van der Waals surface area contributed by atoms with E-state index in [-0.39, 0.29) is 23.4 Å². The molecule has 1 unspecified atom stereocenters. The van der Waals surface area contributed by atoms with E-state index in [0.29, 0.717) is 37.1 Å². The fourth-order valence-corrected chi connectivity index (χ4v) is 5.78. The standard InChI is InChI=1S/C26H43NO7S/c1-19(22(29)33-8)17-20-11-9-12-21(27-20)26(7,23(30)34-24(2,3)4)14-10-13-25(5,6)18-35(31,32)16-15-28/h9,11-12,19,28H,10,13-18H2,1-8H3/t19-,26?/m0/s1. The molecule has 0 saturated heterocycles. The second-order valence-corrected chi connectivity index (χ2v) is 13.5. The lowest BCUT2D eigenvalue weighted by molar-refractivity contribution is -0.162. The van der Waals surface area contributed by atoms with Gasteiger partial charge in [-0.1, -0.05) is 33.3 Å². The summed E-state index contributed by atoms with van der Waals surface area (Å²) in [6.45, 7) is 12.3. The van der Waals surface area contributed by atoms with Crippen molar-refractivity contribution in [1.29, 1.82) is 0 Å². The average molecular weight is 514 g/mol. The zero-order valence-corrected chi connectivity index (χ0v) is 23.3. The van der Waals surface area contributed by atoms with Gasteiger partial charge in [-0.2, -0.15) is 0 Å². The summed E-state index contributed by atoms with van der Waals surface area (Å²) in [6.07, 6.45) is 1.92. The Morgan fingerprint density at radius 3 is 2.26 bits per heavy atom. The molecular weight excluding hydrogens is 470 g/mol. The third-order valence-corrected chi connectivity index (χ3v) is 7.91. The molecule has 0 aliphatic carbocycles. The molecule has 0 aliphatic heterocycles. The minimum absolute atomic E-state index is 0.0388. The summed E-state index contributed by atoms with van der Waals surface area (Å²) in [5.41, 5.74) is -1.04. The fraction of sp³-hybridized carbons (Fsp3) is 0.731. The van der Waals surface area contributed by atoms with Crippen molar-refractivity contribution in [1.82, 2.24) is 4.98 Å². The van der Waals surface area contributed by atoms with Crippen molar-refractivity contribution < 1.29 is 32.6 Å². The molecule has 0 spiro atoms. The molecule has 0 bridgehead atoms. The van der Waals surface area contributed by atoms with Gasteiger partial charge in [0.2, 0.25) is 0 Å². The van der Waals surface area contributed by atoms with E-state index in [9.17, 15) is 18.0 Å². The maximum absolute atomic E-state index is 13.4. The van der Waals surface area contributed by atoms with E-state index in [1.165, 1.54) is 7.11 Å². The maximum atomic E-state index is 13.4. The minimum Gasteiger partial charge on any atom is -0.469 e. The van der Waals surface area contributed by atoms with Crippen molar-refractivity contribution in [2.24, 2.45) is 11.3 Å². The molecule has 35 heavy (non-hydrogen) atoms. The number of pyridine rings is 1. The van der Waals surface area contributed by atoms with E-state index >= 15 is 0 Å². The third kappa shape index (κ3) is 10.3. The Labute approximate surface area is 210 Å². The SMILES string of the molecule is COC(=O)[C@@H](C)Cc1cccc(C(C)(CCCC(C)(C)CS(=O)(=O)CCO)C(=O)OC(C)(C)C)n1. The molecule has 1 rings (SSSR count). The molecule has 200 valence electrons. The maximum Gasteiger partial charge on any atom is 0.318 e. The predicted octanol–water partition coefficient (Wildman–Crippen LogP) is 3.64. The van der Waals surface area contributed by atoms with Crippen molar-refractivity contribution in [3.05, 3.63) is 29.6 Å². The van der Waals surface area contributed by atoms with Crippen LogP contribution >= 0.6 is 0 Å². The van der Waals surface area contributed by atoms with E-state index in [2.05, 4.69) is 0 Å². The smallest absolute Gasteiger partial charge is 0.318 e. The molecule has 0 aliphatic rings. The van der Waals surface area contributed by atoms with E-state index in [0.717, 1.165) is 0 Å². The van der Waals surface area contributed by atoms with Gasteiger partial charge in [-0.15, -0.1) is 0 Å². The van der Waals surface area contributed by atoms with Crippen molar-refractivity contribution in [3.8, 4) is 0 Å². The van der Waals surface area contributed by atoms with Gasteiger partial charge in [0.05, 0.1) is 36.8 Å². The van der Waals surface area contributed by atoms with Crippen molar-refractivity contribution in [3.63, 3.8) is 0 Å². The van der Waals surface area contributed by atoms with Crippen LogP contribution in [-0.2, 0) is 40.7 Å². The summed E-state index contributed by atoms with van der Waals surface area (Å²) < 4.78 is 35.0. The lowest BCUT2D eigenvalue weighted by Crippen LogP contribution is -2.40. The van der Waals surface area contributed by atoms with Crippen molar-refractivity contribution >= 4 is 21.8 Å². The first-order valence-electron chi connectivity index (χ1n) is 12.0. The molecule has 0 radical (unpaired) electrons. The quantitative estimate of drug-likeness (QED) is 0.397. The van der Waals surface area contributed by atoms with Crippen LogP contribution in [0, 0.1) is 11.3 Å². The van der Waals surface area contributed by atoms with Gasteiger partial charge in [-0.05, 0) is 58.1 Å². The van der Waals surface area contributed by atoms with Crippen LogP contribution in [0.1, 0.15) is 79.1 Å². The van der Waals surface area contributed by atoms with E-state index < -0.39 is 38.8 Å².